The van der Waals surface area contributed by atoms with Crippen molar-refractivity contribution < 1.29 is 9.53 Å². The van der Waals surface area contributed by atoms with Gasteiger partial charge in [-0.3, -0.25) is 4.79 Å². The molecule has 0 unspecified atom stereocenters. The molecule has 0 saturated heterocycles. The molecule has 0 heterocycles. The van der Waals surface area contributed by atoms with E-state index in [4.69, 9.17) is 4.74 Å². The third kappa shape index (κ3) is 3.57. The van der Waals surface area contributed by atoms with Crippen molar-refractivity contribution in [2.45, 2.75) is 6.92 Å². The molecule has 0 N–H and O–H groups in total. The molecule has 3 rings (SSSR count). The summed E-state index contributed by atoms with van der Waals surface area (Å²) < 4.78 is 6.62. The van der Waals surface area contributed by atoms with E-state index in [2.05, 4.69) is 22.0 Å². The highest BCUT2D eigenvalue weighted by atomic mass is 79.9. The number of hydrogen-bond donors (Lipinski definition) is 0. The first-order valence-electron chi connectivity index (χ1n) is 7.81. The van der Waals surface area contributed by atoms with Gasteiger partial charge in [0.05, 0.1) is 6.61 Å². The van der Waals surface area contributed by atoms with Crippen molar-refractivity contribution in [1.82, 2.24) is 0 Å². The molecule has 3 aromatic rings. The second-order valence-electron chi connectivity index (χ2n) is 5.34. The van der Waals surface area contributed by atoms with Gasteiger partial charge in [0.25, 0.3) is 0 Å². The van der Waals surface area contributed by atoms with Crippen LogP contribution in [0.25, 0.3) is 16.8 Å². The number of ketones is 1. The Balaban J connectivity index is 2.01. The molecule has 0 spiro atoms. The number of benzene rings is 3. The van der Waals surface area contributed by atoms with Crippen LogP contribution in [-0.4, -0.2) is 12.4 Å². The van der Waals surface area contributed by atoms with E-state index in [-0.39, 0.29) is 5.78 Å². The Hall–Kier alpha value is -2.39. The highest BCUT2D eigenvalue weighted by molar-refractivity contribution is 9.10. The van der Waals surface area contributed by atoms with Gasteiger partial charge in [0.2, 0.25) is 0 Å². The van der Waals surface area contributed by atoms with Crippen LogP contribution in [0.3, 0.4) is 0 Å². The van der Waals surface area contributed by atoms with Gasteiger partial charge in [-0.1, -0.05) is 58.4 Å². The Morgan fingerprint density at radius 1 is 1.08 bits per heavy atom. The van der Waals surface area contributed by atoms with Crippen molar-refractivity contribution in [3.63, 3.8) is 0 Å². The lowest BCUT2D eigenvalue weighted by molar-refractivity contribution is 0.104. The third-order valence-corrected chi connectivity index (χ3v) is 4.23. The van der Waals surface area contributed by atoms with E-state index in [0.29, 0.717) is 12.2 Å². The van der Waals surface area contributed by atoms with Gasteiger partial charge in [0.15, 0.2) is 5.78 Å². The molecule has 0 amide bonds. The number of halogens is 1. The van der Waals surface area contributed by atoms with Crippen LogP contribution in [0, 0.1) is 0 Å². The topological polar surface area (TPSA) is 26.3 Å². The van der Waals surface area contributed by atoms with Gasteiger partial charge in [-0.15, -0.1) is 0 Å². The molecule has 0 bridgehead atoms. The Morgan fingerprint density at radius 2 is 1.92 bits per heavy atom. The summed E-state index contributed by atoms with van der Waals surface area (Å²) in [5.41, 5.74) is 1.58. The van der Waals surface area contributed by atoms with E-state index in [1.807, 2.05) is 67.6 Å². The molecular formula is C21H17BrO2. The monoisotopic (exact) mass is 380 g/mol. The minimum atomic E-state index is -0.0355. The first-order valence-corrected chi connectivity index (χ1v) is 8.61. The van der Waals surface area contributed by atoms with Crippen molar-refractivity contribution in [2.24, 2.45) is 0 Å². The van der Waals surface area contributed by atoms with Gasteiger partial charge in [-0.25, -0.2) is 0 Å². The Morgan fingerprint density at radius 3 is 2.71 bits per heavy atom. The van der Waals surface area contributed by atoms with Gasteiger partial charge in [-0.2, -0.15) is 0 Å². The van der Waals surface area contributed by atoms with Crippen molar-refractivity contribution >= 4 is 38.6 Å². The van der Waals surface area contributed by atoms with Crippen LogP contribution in [-0.2, 0) is 0 Å². The lowest BCUT2D eigenvalue weighted by Gasteiger charge is -2.10. The summed E-state index contributed by atoms with van der Waals surface area (Å²) in [5.74, 6) is 0.751. The van der Waals surface area contributed by atoms with Crippen LogP contribution in [0.4, 0.5) is 0 Å². The molecule has 0 aliphatic heterocycles. The van der Waals surface area contributed by atoms with Crippen LogP contribution in [0.2, 0.25) is 0 Å². The number of allylic oxidation sites excluding steroid dienone is 1. The van der Waals surface area contributed by atoms with Crippen LogP contribution >= 0.6 is 15.9 Å². The molecule has 24 heavy (non-hydrogen) atoms. The maximum absolute atomic E-state index is 12.4. The van der Waals surface area contributed by atoms with E-state index < -0.39 is 0 Å². The van der Waals surface area contributed by atoms with Crippen molar-refractivity contribution in [2.75, 3.05) is 6.61 Å². The molecule has 3 heteroatoms. The minimum absolute atomic E-state index is 0.0355. The average Bonchev–Trinajstić information content (AvgIpc) is 2.60. The highest BCUT2D eigenvalue weighted by Crippen LogP contribution is 2.29. The summed E-state index contributed by atoms with van der Waals surface area (Å²) in [6.07, 6.45) is 3.45. The summed E-state index contributed by atoms with van der Waals surface area (Å²) >= 11 is 3.39. The fourth-order valence-corrected chi connectivity index (χ4v) is 3.03. The zero-order chi connectivity index (χ0) is 16.9. The molecule has 0 aliphatic carbocycles. The van der Waals surface area contributed by atoms with Crippen LogP contribution in [0.5, 0.6) is 5.75 Å². The fourth-order valence-electron chi connectivity index (χ4n) is 2.63. The summed E-state index contributed by atoms with van der Waals surface area (Å²) in [5, 5.41) is 2.19. The Bertz CT molecular complexity index is 913. The number of fused-ring (bicyclic) bond motifs is 1. The second kappa shape index (κ2) is 7.45. The van der Waals surface area contributed by atoms with Crippen LogP contribution in [0.15, 0.2) is 71.2 Å². The molecule has 0 aliphatic rings. The molecule has 120 valence electrons. The van der Waals surface area contributed by atoms with E-state index in [9.17, 15) is 4.79 Å². The lowest BCUT2D eigenvalue weighted by atomic mass is 10.0. The highest BCUT2D eigenvalue weighted by Gasteiger charge is 2.07. The van der Waals surface area contributed by atoms with Gasteiger partial charge < -0.3 is 4.74 Å². The van der Waals surface area contributed by atoms with Crippen molar-refractivity contribution in [3.8, 4) is 5.75 Å². The normalized spacial score (nSPS) is 11.1. The fraction of sp³-hybridized carbons (Fsp3) is 0.0952. The standard InChI is InChI=1S/C21H17BrO2/c1-2-24-21-13-10-15-6-3-4-9-18(15)19(21)11-12-20(23)16-7-5-8-17(22)14-16/h3-14H,2H2,1H3/b12-11+. The number of hydrogen-bond acceptors (Lipinski definition) is 2. The van der Waals surface area contributed by atoms with Crippen molar-refractivity contribution in [1.29, 1.82) is 0 Å². The number of rotatable bonds is 5. The Kier molecular flexibility index (Phi) is 5.11. The summed E-state index contributed by atoms with van der Waals surface area (Å²) in [7, 11) is 0. The molecule has 0 aromatic heterocycles. The zero-order valence-corrected chi connectivity index (χ0v) is 14.9. The molecule has 0 fully saturated rings. The minimum Gasteiger partial charge on any atom is -0.493 e. The summed E-state index contributed by atoms with van der Waals surface area (Å²) in [6.45, 7) is 2.54. The van der Waals surface area contributed by atoms with E-state index in [1.165, 1.54) is 0 Å². The summed E-state index contributed by atoms with van der Waals surface area (Å²) in [6, 6.07) is 19.5. The predicted octanol–water partition coefficient (Wildman–Crippen LogP) is 5.90. The molecule has 0 saturated carbocycles. The predicted molar refractivity (Wildman–Crippen MR) is 103 cm³/mol. The quantitative estimate of drug-likeness (QED) is 0.407. The van der Waals surface area contributed by atoms with E-state index in [1.54, 1.807) is 6.08 Å². The average molecular weight is 381 g/mol. The Labute approximate surface area is 149 Å². The summed E-state index contributed by atoms with van der Waals surface area (Å²) in [4.78, 5) is 12.4. The molecule has 2 nitrogen and oxygen atoms in total. The number of carbonyl (C=O) groups is 1. The van der Waals surface area contributed by atoms with Gasteiger partial charge >= 0.3 is 0 Å². The maximum atomic E-state index is 12.4. The van der Waals surface area contributed by atoms with Crippen LogP contribution in [0.1, 0.15) is 22.8 Å². The van der Waals surface area contributed by atoms with E-state index in [0.717, 1.165) is 26.6 Å². The number of ether oxygens (including phenoxy) is 1. The maximum Gasteiger partial charge on any atom is 0.185 e. The first-order chi connectivity index (χ1) is 11.7. The molecule has 0 atom stereocenters. The van der Waals surface area contributed by atoms with Gasteiger partial charge in [0, 0.05) is 15.6 Å². The largest absolute Gasteiger partial charge is 0.493 e. The second-order valence-corrected chi connectivity index (χ2v) is 6.26. The van der Waals surface area contributed by atoms with E-state index >= 15 is 0 Å². The smallest absolute Gasteiger partial charge is 0.185 e. The van der Waals surface area contributed by atoms with Gasteiger partial charge in [0.1, 0.15) is 5.75 Å². The van der Waals surface area contributed by atoms with Gasteiger partial charge in [-0.05, 0) is 48.0 Å². The lowest BCUT2D eigenvalue weighted by Crippen LogP contribution is -1.96. The SMILES string of the molecule is CCOc1ccc2ccccc2c1/C=C/C(=O)c1cccc(Br)c1. The molecule has 3 aromatic carbocycles. The number of carbonyl (C=O) groups excluding carboxylic acids is 1. The molecule has 0 radical (unpaired) electrons. The van der Waals surface area contributed by atoms with Crippen LogP contribution < -0.4 is 4.74 Å². The molecular weight excluding hydrogens is 364 g/mol. The zero-order valence-electron chi connectivity index (χ0n) is 13.3. The van der Waals surface area contributed by atoms with Crippen molar-refractivity contribution in [3.05, 3.63) is 82.3 Å². The first kappa shape index (κ1) is 16.5. The third-order valence-electron chi connectivity index (χ3n) is 3.74.